The Bertz CT molecular complexity index is 778. The monoisotopic (exact) mass is 370 g/mol. The number of carbonyl (C=O) groups is 3. The van der Waals surface area contributed by atoms with Crippen LogP contribution in [0.2, 0.25) is 0 Å². The molecule has 0 radical (unpaired) electrons. The fourth-order valence-corrected chi connectivity index (χ4v) is 4.40. The van der Waals surface area contributed by atoms with E-state index in [1.807, 2.05) is 18.2 Å². The van der Waals surface area contributed by atoms with Crippen LogP contribution in [0.15, 0.2) is 18.2 Å². The molecule has 1 aromatic carbocycles. The van der Waals surface area contributed by atoms with Gasteiger partial charge in [-0.2, -0.15) is 0 Å². The van der Waals surface area contributed by atoms with Crippen molar-refractivity contribution in [2.45, 2.75) is 63.8 Å². The maximum Gasteiger partial charge on any atom is 0.255 e. The summed E-state index contributed by atoms with van der Waals surface area (Å²) in [6.45, 7) is 4.30. The molecule has 0 spiro atoms. The Hall–Kier alpha value is -2.25. The van der Waals surface area contributed by atoms with Crippen molar-refractivity contribution in [2.75, 3.05) is 6.54 Å². The normalized spacial score (nSPS) is 28.3. The average Bonchev–Trinajstić information content (AvgIpc) is 2.98. The zero-order valence-electron chi connectivity index (χ0n) is 15.6. The maximum absolute atomic E-state index is 13.1. The largest absolute Gasteiger partial charge is 0.322 e. The molecule has 7 nitrogen and oxygen atoms in total. The molecule has 3 heterocycles. The Balaban J connectivity index is 1.49. The molecule has 0 aromatic heterocycles. The summed E-state index contributed by atoms with van der Waals surface area (Å²) in [6, 6.07) is 6.14. The van der Waals surface area contributed by atoms with Crippen molar-refractivity contribution in [3.8, 4) is 0 Å². The number of benzene rings is 1. The molecule has 3 atom stereocenters. The third-order valence-corrected chi connectivity index (χ3v) is 5.96. The highest BCUT2D eigenvalue weighted by Crippen LogP contribution is 2.30. The molecule has 144 valence electrons. The quantitative estimate of drug-likeness (QED) is 0.678. The zero-order chi connectivity index (χ0) is 19.0. The van der Waals surface area contributed by atoms with Crippen LogP contribution >= 0.6 is 0 Å². The summed E-state index contributed by atoms with van der Waals surface area (Å²) in [5.41, 5.74) is 2.65. The van der Waals surface area contributed by atoms with E-state index in [1.165, 1.54) is 0 Å². The highest BCUT2D eigenvalue weighted by atomic mass is 16.2. The number of hydrogen-bond donors (Lipinski definition) is 3. The smallest absolute Gasteiger partial charge is 0.255 e. The minimum atomic E-state index is -0.564. The first kappa shape index (κ1) is 18.1. The third-order valence-electron chi connectivity index (χ3n) is 5.96. The summed E-state index contributed by atoms with van der Waals surface area (Å²) in [7, 11) is 0. The predicted octanol–water partition coefficient (Wildman–Crippen LogP) is 0.678. The summed E-state index contributed by atoms with van der Waals surface area (Å²) >= 11 is 0. The first-order valence-electron chi connectivity index (χ1n) is 9.77. The second kappa shape index (κ2) is 7.40. The van der Waals surface area contributed by atoms with E-state index in [9.17, 15) is 14.4 Å². The van der Waals surface area contributed by atoms with Crippen LogP contribution < -0.4 is 16.0 Å². The van der Waals surface area contributed by atoms with Gasteiger partial charge in [-0.05, 0) is 43.9 Å². The molecule has 7 heteroatoms. The molecule has 3 N–H and O–H groups in total. The highest BCUT2D eigenvalue weighted by Gasteiger charge is 2.40. The summed E-state index contributed by atoms with van der Waals surface area (Å²) in [5.74, 6) is -0.735. The Labute approximate surface area is 158 Å². The van der Waals surface area contributed by atoms with Crippen molar-refractivity contribution in [2.24, 2.45) is 0 Å². The molecule has 2 fully saturated rings. The Morgan fingerprint density at radius 1 is 1.22 bits per heavy atom. The van der Waals surface area contributed by atoms with Crippen molar-refractivity contribution < 1.29 is 14.4 Å². The van der Waals surface area contributed by atoms with Gasteiger partial charge in [-0.1, -0.05) is 18.2 Å². The van der Waals surface area contributed by atoms with Gasteiger partial charge in [-0.15, -0.1) is 0 Å². The second-order valence-electron chi connectivity index (χ2n) is 7.72. The van der Waals surface area contributed by atoms with E-state index < -0.39 is 6.04 Å². The molecular weight excluding hydrogens is 344 g/mol. The number of hydrogen-bond acceptors (Lipinski definition) is 5. The van der Waals surface area contributed by atoms with E-state index in [-0.39, 0.29) is 24.1 Å². The van der Waals surface area contributed by atoms with Crippen LogP contribution in [-0.4, -0.2) is 47.3 Å². The van der Waals surface area contributed by atoms with Crippen LogP contribution in [0.3, 0.4) is 0 Å². The molecule has 0 saturated carbocycles. The summed E-state index contributed by atoms with van der Waals surface area (Å²) in [4.78, 5) is 38.3. The van der Waals surface area contributed by atoms with Crippen LogP contribution in [0.4, 0.5) is 0 Å². The van der Waals surface area contributed by atoms with Crippen molar-refractivity contribution in [1.82, 2.24) is 20.9 Å². The van der Waals surface area contributed by atoms with Gasteiger partial charge in [0.05, 0.1) is 0 Å². The van der Waals surface area contributed by atoms with Gasteiger partial charge in [-0.3, -0.25) is 19.7 Å². The first-order valence-corrected chi connectivity index (χ1v) is 9.77. The van der Waals surface area contributed by atoms with Crippen LogP contribution in [-0.2, 0) is 22.7 Å². The number of rotatable bonds is 4. The van der Waals surface area contributed by atoms with Crippen LogP contribution in [0.25, 0.3) is 0 Å². The van der Waals surface area contributed by atoms with Crippen molar-refractivity contribution in [1.29, 1.82) is 0 Å². The maximum atomic E-state index is 13.1. The lowest BCUT2D eigenvalue weighted by atomic mass is 9.98. The van der Waals surface area contributed by atoms with Gasteiger partial charge < -0.3 is 15.5 Å². The van der Waals surface area contributed by atoms with Crippen molar-refractivity contribution >= 4 is 17.7 Å². The number of nitrogens with one attached hydrogen (secondary N) is 3. The van der Waals surface area contributed by atoms with Crippen molar-refractivity contribution in [3.05, 3.63) is 34.9 Å². The van der Waals surface area contributed by atoms with Gasteiger partial charge in [0, 0.05) is 37.2 Å². The zero-order valence-corrected chi connectivity index (χ0v) is 15.6. The molecule has 3 amide bonds. The molecule has 0 aliphatic carbocycles. The second-order valence-corrected chi connectivity index (χ2v) is 7.72. The van der Waals surface area contributed by atoms with Gasteiger partial charge in [-0.25, -0.2) is 0 Å². The predicted molar refractivity (Wildman–Crippen MR) is 99.8 cm³/mol. The van der Waals surface area contributed by atoms with E-state index in [0.717, 1.165) is 30.5 Å². The number of piperidine rings is 2. The molecule has 3 aliphatic heterocycles. The number of amides is 3. The van der Waals surface area contributed by atoms with Gasteiger partial charge in [0.25, 0.3) is 5.91 Å². The average molecular weight is 370 g/mol. The Morgan fingerprint density at radius 2 is 2.07 bits per heavy atom. The van der Waals surface area contributed by atoms with Gasteiger partial charge in [0.2, 0.25) is 11.8 Å². The summed E-state index contributed by atoms with van der Waals surface area (Å²) in [5, 5.41) is 9.42. The lowest BCUT2D eigenvalue weighted by Crippen LogP contribution is -2.52. The molecule has 0 bridgehead atoms. The molecule has 27 heavy (non-hydrogen) atoms. The number of nitrogens with zero attached hydrogens (tertiary/aromatic N) is 1. The number of carbonyl (C=O) groups excluding carboxylic acids is 3. The minimum absolute atomic E-state index is 0.105. The third kappa shape index (κ3) is 3.49. The number of imide groups is 1. The fraction of sp³-hybridized carbons (Fsp3) is 0.550. The van der Waals surface area contributed by atoms with Crippen LogP contribution in [0, 0.1) is 0 Å². The van der Waals surface area contributed by atoms with Gasteiger partial charge >= 0.3 is 0 Å². The van der Waals surface area contributed by atoms with E-state index in [0.29, 0.717) is 37.2 Å². The summed E-state index contributed by atoms with van der Waals surface area (Å²) in [6.07, 6.45) is 2.94. The molecule has 4 rings (SSSR count). The van der Waals surface area contributed by atoms with Crippen molar-refractivity contribution in [3.63, 3.8) is 0 Å². The summed E-state index contributed by atoms with van der Waals surface area (Å²) < 4.78 is 0. The standard InChI is InChI=1S/C20H26N4O3/c1-12-15(6-3-9-21-12)22-10-13-4-2-5-14-11-24(20(27)18(13)14)16-7-8-17(25)23-19(16)26/h2,4-5,12,15-16,21-22H,3,6-11H2,1H3,(H,23,25,26)/t12-,15-,16?/m0/s1. The topological polar surface area (TPSA) is 90.5 Å². The minimum Gasteiger partial charge on any atom is -0.322 e. The SMILES string of the molecule is C[C@@H]1NCCC[C@@H]1NCc1cccc2c1C(=O)N(C1CCC(=O)NC1=O)C2. The van der Waals surface area contributed by atoms with E-state index >= 15 is 0 Å². The Kier molecular flexibility index (Phi) is 4.97. The van der Waals surface area contributed by atoms with E-state index in [4.69, 9.17) is 0 Å². The molecule has 1 unspecified atom stereocenters. The Morgan fingerprint density at radius 3 is 2.85 bits per heavy atom. The molecule has 1 aromatic rings. The lowest BCUT2D eigenvalue weighted by molar-refractivity contribution is -0.136. The number of fused-ring (bicyclic) bond motifs is 1. The lowest BCUT2D eigenvalue weighted by Gasteiger charge is -2.31. The van der Waals surface area contributed by atoms with Crippen LogP contribution in [0.5, 0.6) is 0 Å². The van der Waals surface area contributed by atoms with Gasteiger partial charge in [0.15, 0.2) is 0 Å². The van der Waals surface area contributed by atoms with Gasteiger partial charge in [0.1, 0.15) is 6.04 Å². The molecule has 2 saturated heterocycles. The van der Waals surface area contributed by atoms with E-state index in [1.54, 1.807) is 4.90 Å². The van der Waals surface area contributed by atoms with Crippen LogP contribution in [0.1, 0.15) is 54.1 Å². The molecular formula is C20H26N4O3. The fourth-order valence-electron chi connectivity index (χ4n) is 4.40. The molecule has 3 aliphatic rings. The van der Waals surface area contributed by atoms with E-state index in [2.05, 4.69) is 22.9 Å². The first-order chi connectivity index (χ1) is 13.0. The highest BCUT2D eigenvalue weighted by molar-refractivity contribution is 6.05.